The Morgan fingerprint density at radius 2 is 1.32 bits per heavy atom. The average molecular weight is 348 g/mol. The number of hydrogen-bond acceptors (Lipinski definition) is 3. The van der Waals surface area contributed by atoms with Gasteiger partial charge in [-0.15, -0.1) is 0 Å². The lowest BCUT2D eigenvalue weighted by atomic mass is 10.1. The van der Waals surface area contributed by atoms with Gasteiger partial charge in [0, 0.05) is 5.56 Å². The van der Waals surface area contributed by atoms with Gasteiger partial charge in [-0.3, -0.25) is 4.79 Å². The highest BCUT2D eigenvalue weighted by molar-refractivity contribution is 8.00. The highest BCUT2D eigenvalue weighted by Crippen LogP contribution is 2.30. The van der Waals surface area contributed by atoms with Crippen LogP contribution in [0.15, 0.2) is 89.8 Å². The van der Waals surface area contributed by atoms with Crippen molar-refractivity contribution in [3.05, 3.63) is 102 Å². The van der Waals surface area contributed by atoms with Crippen LogP contribution in [-0.4, -0.2) is 14.7 Å². The number of carbonyl (C=O) groups is 1. The standard InChI is InChI=1S/C21H16O3S/c22-16-18-9-7-8-17(14-18)15-21(19-10-3-1-4-11-19)25(23,24)20-12-5-2-6-13-20/h1-16H/b21-15+. The van der Waals surface area contributed by atoms with Crippen LogP contribution in [0.5, 0.6) is 0 Å². The number of carbonyl (C=O) groups excluding carboxylic acids is 1. The van der Waals surface area contributed by atoms with Crippen LogP contribution in [0.2, 0.25) is 0 Å². The SMILES string of the molecule is O=Cc1cccc(/C=C(\c2ccccc2)S(=O)(=O)c2ccccc2)c1. The first-order chi connectivity index (χ1) is 12.1. The highest BCUT2D eigenvalue weighted by Gasteiger charge is 2.22. The molecule has 0 aliphatic rings. The van der Waals surface area contributed by atoms with Crippen LogP contribution in [0.1, 0.15) is 21.5 Å². The zero-order chi connectivity index (χ0) is 17.7. The summed E-state index contributed by atoms with van der Waals surface area (Å²) in [6.07, 6.45) is 2.34. The molecular weight excluding hydrogens is 332 g/mol. The quantitative estimate of drug-likeness (QED) is 0.505. The van der Waals surface area contributed by atoms with Gasteiger partial charge in [-0.05, 0) is 35.4 Å². The van der Waals surface area contributed by atoms with Gasteiger partial charge >= 0.3 is 0 Å². The van der Waals surface area contributed by atoms with Crippen molar-refractivity contribution < 1.29 is 13.2 Å². The Labute approximate surface area is 147 Å². The summed E-state index contributed by atoms with van der Waals surface area (Å²) in [7, 11) is -3.70. The minimum atomic E-state index is -3.70. The summed E-state index contributed by atoms with van der Waals surface area (Å²) in [5.74, 6) is 0. The van der Waals surface area contributed by atoms with E-state index in [4.69, 9.17) is 0 Å². The molecule has 0 fully saturated rings. The molecule has 0 amide bonds. The van der Waals surface area contributed by atoms with E-state index in [9.17, 15) is 13.2 Å². The lowest BCUT2D eigenvalue weighted by molar-refractivity contribution is 0.112. The summed E-state index contributed by atoms with van der Waals surface area (Å²) in [5, 5.41) is 0. The Hall–Kier alpha value is -2.98. The first-order valence-corrected chi connectivity index (χ1v) is 9.22. The van der Waals surface area contributed by atoms with Crippen LogP contribution < -0.4 is 0 Å². The highest BCUT2D eigenvalue weighted by atomic mass is 32.2. The second-order valence-corrected chi connectivity index (χ2v) is 7.40. The minimum Gasteiger partial charge on any atom is -0.298 e. The average Bonchev–Trinajstić information content (AvgIpc) is 2.67. The molecule has 0 saturated heterocycles. The third-order valence-electron chi connectivity index (χ3n) is 3.75. The third-order valence-corrected chi connectivity index (χ3v) is 5.57. The second kappa shape index (κ2) is 7.28. The number of benzene rings is 3. The molecule has 0 aliphatic heterocycles. The molecule has 3 nitrogen and oxygen atoms in total. The Balaban J connectivity index is 2.20. The maximum atomic E-state index is 13.2. The smallest absolute Gasteiger partial charge is 0.207 e. The van der Waals surface area contributed by atoms with Gasteiger partial charge in [-0.2, -0.15) is 0 Å². The van der Waals surface area contributed by atoms with Gasteiger partial charge < -0.3 is 0 Å². The molecule has 25 heavy (non-hydrogen) atoms. The van der Waals surface area contributed by atoms with Gasteiger partial charge in [0.2, 0.25) is 9.84 Å². The van der Waals surface area contributed by atoms with Gasteiger partial charge in [0.1, 0.15) is 6.29 Å². The predicted octanol–water partition coefficient (Wildman–Crippen LogP) is 4.47. The second-order valence-electron chi connectivity index (χ2n) is 5.48. The molecule has 0 spiro atoms. The summed E-state index contributed by atoms with van der Waals surface area (Å²) >= 11 is 0. The van der Waals surface area contributed by atoms with Gasteiger partial charge in [-0.1, -0.05) is 66.7 Å². The fourth-order valence-corrected chi connectivity index (χ4v) is 4.03. The molecule has 3 aromatic carbocycles. The Morgan fingerprint density at radius 3 is 1.96 bits per heavy atom. The summed E-state index contributed by atoms with van der Waals surface area (Å²) in [5.41, 5.74) is 1.75. The van der Waals surface area contributed by atoms with Gasteiger partial charge in [-0.25, -0.2) is 8.42 Å². The van der Waals surface area contributed by atoms with E-state index in [1.165, 1.54) is 0 Å². The molecule has 0 heterocycles. The zero-order valence-electron chi connectivity index (χ0n) is 13.4. The molecule has 0 aliphatic carbocycles. The van der Waals surface area contributed by atoms with Crippen molar-refractivity contribution in [1.29, 1.82) is 0 Å². The van der Waals surface area contributed by atoms with Crippen molar-refractivity contribution in [2.75, 3.05) is 0 Å². The van der Waals surface area contributed by atoms with Gasteiger partial charge in [0.05, 0.1) is 9.80 Å². The van der Waals surface area contributed by atoms with E-state index in [0.717, 1.165) is 6.29 Å². The normalized spacial score (nSPS) is 11.9. The molecule has 0 aromatic heterocycles. The van der Waals surface area contributed by atoms with Crippen LogP contribution in [-0.2, 0) is 9.84 Å². The van der Waals surface area contributed by atoms with E-state index >= 15 is 0 Å². The van der Waals surface area contributed by atoms with E-state index in [2.05, 4.69) is 0 Å². The van der Waals surface area contributed by atoms with Crippen molar-refractivity contribution in [3.63, 3.8) is 0 Å². The summed E-state index contributed by atoms with van der Waals surface area (Å²) in [6, 6.07) is 24.1. The van der Waals surface area contributed by atoms with E-state index in [0.29, 0.717) is 16.7 Å². The molecule has 124 valence electrons. The van der Waals surface area contributed by atoms with Crippen LogP contribution in [0.25, 0.3) is 11.0 Å². The van der Waals surface area contributed by atoms with Crippen molar-refractivity contribution in [1.82, 2.24) is 0 Å². The van der Waals surface area contributed by atoms with E-state index < -0.39 is 9.84 Å². The number of rotatable bonds is 5. The first kappa shape index (κ1) is 16.9. The van der Waals surface area contributed by atoms with Crippen LogP contribution >= 0.6 is 0 Å². The van der Waals surface area contributed by atoms with E-state index in [1.807, 2.05) is 6.07 Å². The Morgan fingerprint density at radius 1 is 0.720 bits per heavy atom. The molecule has 0 bridgehead atoms. The molecule has 0 atom stereocenters. The fraction of sp³-hybridized carbons (Fsp3) is 0. The molecule has 0 saturated carbocycles. The first-order valence-electron chi connectivity index (χ1n) is 7.74. The lowest BCUT2D eigenvalue weighted by Crippen LogP contribution is -2.04. The number of aldehydes is 1. The summed E-state index contributed by atoms with van der Waals surface area (Å²) in [4.78, 5) is 11.4. The van der Waals surface area contributed by atoms with E-state index in [1.54, 1.807) is 84.9 Å². The minimum absolute atomic E-state index is 0.197. The Bertz CT molecular complexity index is 1010. The Kier molecular flexibility index (Phi) is 4.91. The van der Waals surface area contributed by atoms with Gasteiger partial charge in [0.15, 0.2) is 0 Å². The molecule has 3 rings (SSSR count). The topological polar surface area (TPSA) is 51.2 Å². The van der Waals surface area contributed by atoms with Crippen molar-refractivity contribution in [3.8, 4) is 0 Å². The fourth-order valence-electron chi connectivity index (χ4n) is 2.52. The van der Waals surface area contributed by atoms with E-state index in [-0.39, 0.29) is 9.80 Å². The molecule has 3 aromatic rings. The van der Waals surface area contributed by atoms with Crippen molar-refractivity contribution in [2.24, 2.45) is 0 Å². The molecule has 0 unspecified atom stereocenters. The molecule has 0 N–H and O–H groups in total. The largest absolute Gasteiger partial charge is 0.298 e. The zero-order valence-corrected chi connectivity index (χ0v) is 14.2. The predicted molar refractivity (Wildman–Crippen MR) is 99.8 cm³/mol. The maximum absolute atomic E-state index is 13.2. The molecule has 0 radical (unpaired) electrons. The lowest BCUT2D eigenvalue weighted by Gasteiger charge is -2.10. The van der Waals surface area contributed by atoms with Gasteiger partial charge in [0.25, 0.3) is 0 Å². The number of hydrogen-bond donors (Lipinski definition) is 0. The third kappa shape index (κ3) is 3.75. The monoisotopic (exact) mass is 348 g/mol. The molecular formula is C21H16O3S. The van der Waals surface area contributed by atoms with Crippen LogP contribution in [0.3, 0.4) is 0 Å². The summed E-state index contributed by atoms with van der Waals surface area (Å²) < 4.78 is 26.3. The maximum Gasteiger partial charge on any atom is 0.207 e. The molecule has 4 heteroatoms. The van der Waals surface area contributed by atoms with Crippen molar-refractivity contribution >= 4 is 27.1 Å². The summed E-state index contributed by atoms with van der Waals surface area (Å²) in [6.45, 7) is 0. The number of sulfone groups is 1. The van der Waals surface area contributed by atoms with Crippen LogP contribution in [0, 0.1) is 0 Å². The van der Waals surface area contributed by atoms with Crippen LogP contribution in [0.4, 0.5) is 0 Å². The van der Waals surface area contributed by atoms with Crippen molar-refractivity contribution in [2.45, 2.75) is 4.90 Å².